The van der Waals surface area contributed by atoms with Crippen molar-refractivity contribution < 1.29 is 5.11 Å². The highest BCUT2D eigenvalue weighted by molar-refractivity contribution is 5.23. The molecule has 0 bridgehead atoms. The van der Waals surface area contributed by atoms with E-state index in [1.54, 1.807) is 0 Å². The smallest absolute Gasteiger partial charge is 0.331 e. The van der Waals surface area contributed by atoms with Gasteiger partial charge in [-0.2, -0.15) is 0 Å². The molecule has 104 valence electrons. The summed E-state index contributed by atoms with van der Waals surface area (Å²) in [6.07, 6.45) is 6.00. The number of hydrogen-bond donors (Lipinski definition) is 2. The third kappa shape index (κ3) is 2.11. The summed E-state index contributed by atoms with van der Waals surface area (Å²) in [6, 6.07) is 0. The lowest BCUT2D eigenvalue weighted by Gasteiger charge is -2.18. The van der Waals surface area contributed by atoms with Crippen LogP contribution >= 0.6 is 0 Å². The number of H-pyrrole nitrogens is 1. The zero-order chi connectivity index (χ0) is 13.6. The maximum absolute atomic E-state index is 11.9. The molecule has 0 atom stereocenters. The first kappa shape index (κ1) is 12.5. The van der Waals surface area contributed by atoms with Crippen LogP contribution in [0, 0.1) is 11.3 Å². The Bertz CT molecular complexity index is 606. The zero-order valence-electron chi connectivity index (χ0n) is 11.2. The molecule has 5 nitrogen and oxygen atoms in total. The molecule has 5 heteroatoms. The molecule has 1 aromatic heterocycles. The standard InChI is InChI=1S/C14H20N2O3/c1-2-3-10-11(17)15-13(19)16(12(10)18)8-14(6-7-14)9-4-5-9/h9,18H,2-8H2,1H3,(H,15,17,19). The first-order chi connectivity index (χ1) is 9.07. The lowest BCUT2D eigenvalue weighted by molar-refractivity contribution is 0.315. The SMILES string of the molecule is CCCc1c(O)n(CC2(C3CC3)CC2)c(=O)[nH]c1=O. The van der Waals surface area contributed by atoms with Crippen molar-refractivity contribution in [3.63, 3.8) is 0 Å². The van der Waals surface area contributed by atoms with Gasteiger partial charge in [0.25, 0.3) is 5.56 Å². The lowest BCUT2D eigenvalue weighted by Crippen LogP contribution is -2.34. The third-order valence-electron chi connectivity index (χ3n) is 4.57. The molecule has 0 aliphatic heterocycles. The molecule has 0 spiro atoms. The van der Waals surface area contributed by atoms with Crippen molar-refractivity contribution in [2.75, 3.05) is 0 Å². The Hall–Kier alpha value is -1.52. The minimum absolute atomic E-state index is 0.123. The van der Waals surface area contributed by atoms with Gasteiger partial charge >= 0.3 is 5.69 Å². The fraction of sp³-hybridized carbons (Fsp3) is 0.714. The van der Waals surface area contributed by atoms with E-state index < -0.39 is 11.2 Å². The molecule has 1 aromatic rings. The van der Waals surface area contributed by atoms with Crippen LogP contribution in [-0.2, 0) is 13.0 Å². The molecule has 1 heterocycles. The number of hydrogen-bond acceptors (Lipinski definition) is 3. The van der Waals surface area contributed by atoms with Crippen molar-refractivity contribution in [1.82, 2.24) is 9.55 Å². The van der Waals surface area contributed by atoms with Gasteiger partial charge in [0.05, 0.1) is 5.56 Å². The number of nitrogens with one attached hydrogen (secondary N) is 1. The van der Waals surface area contributed by atoms with E-state index in [1.807, 2.05) is 6.92 Å². The molecule has 2 aliphatic rings. The van der Waals surface area contributed by atoms with Crippen molar-refractivity contribution in [2.24, 2.45) is 11.3 Å². The second-order valence-corrected chi connectivity index (χ2v) is 6.03. The average molecular weight is 264 g/mol. The highest BCUT2D eigenvalue weighted by Crippen LogP contribution is 2.62. The largest absolute Gasteiger partial charge is 0.494 e. The first-order valence-electron chi connectivity index (χ1n) is 7.12. The fourth-order valence-corrected chi connectivity index (χ4v) is 3.09. The highest BCUT2D eigenvalue weighted by atomic mass is 16.3. The molecule has 3 rings (SSSR count). The number of aromatic nitrogens is 2. The molecular weight excluding hydrogens is 244 g/mol. The molecule has 2 fully saturated rings. The summed E-state index contributed by atoms with van der Waals surface area (Å²) in [4.78, 5) is 25.9. The molecule has 2 saturated carbocycles. The van der Waals surface area contributed by atoms with Gasteiger partial charge < -0.3 is 5.11 Å². The molecule has 0 amide bonds. The molecular formula is C14H20N2O3. The highest BCUT2D eigenvalue weighted by Gasteiger charge is 2.54. The van der Waals surface area contributed by atoms with Crippen molar-refractivity contribution in [2.45, 2.75) is 52.0 Å². The summed E-state index contributed by atoms with van der Waals surface area (Å²) < 4.78 is 1.37. The third-order valence-corrected chi connectivity index (χ3v) is 4.57. The number of aromatic hydroxyl groups is 1. The van der Waals surface area contributed by atoms with E-state index in [4.69, 9.17) is 0 Å². The predicted molar refractivity (Wildman–Crippen MR) is 71.4 cm³/mol. The van der Waals surface area contributed by atoms with Crippen LogP contribution < -0.4 is 11.2 Å². The van der Waals surface area contributed by atoms with Gasteiger partial charge in [-0.25, -0.2) is 4.79 Å². The van der Waals surface area contributed by atoms with E-state index in [9.17, 15) is 14.7 Å². The molecule has 2 aliphatic carbocycles. The van der Waals surface area contributed by atoms with Crippen LogP contribution in [0.15, 0.2) is 9.59 Å². The number of rotatable bonds is 5. The first-order valence-corrected chi connectivity index (χ1v) is 7.12. The van der Waals surface area contributed by atoms with Crippen molar-refractivity contribution in [3.05, 3.63) is 26.4 Å². The summed E-state index contributed by atoms with van der Waals surface area (Å²) in [6.45, 7) is 2.50. The Morgan fingerprint density at radius 3 is 2.58 bits per heavy atom. The van der Waals surface area contributed by atoms with Gasteiger partial charge in [0, 0.05) is 6.54 Å². The Kier molecular flexibility index (Phi) is 2.80. The zero-order valence-corrected chi connectivity index (χ0v) is 11.2. The number of aromatic amines is 1. The summed E-state index contributed by atoms with van der Waals surface area (Å²) in [7, 11) is 0. The predicted octanol–water partition coefficient (Wildman–Crippen LogP) is 1.38. The van der Waals surface area contributed by atoms with E-state index in [0.717, 1.165) is 19.3 Å². The quantitative estimate of drug-likeness (QED) is 0.843. The maximum atomic E-state index is 11.9. The van der Waals surface area contributed by atoms with E-state index in [0.29, 0.717) is 24.4 Å². The topological polar surface area (TPSA) is 75.1 Å². The van der Waals surface area contributed by atoms with Crippen LogP contribution in [0.25, 0.3) is 0 Å². The molecule has 0 aromatic carbocycles. The number of nitrogens with zero attached hydrogens (tertiary/aromatic N) is 1. The van der Waals surface area contributed by atoms with Gasteiger partial charge in [-0.1, -0.05) is 13.3 Å². The van der Waals surface area contributed by atoms with Crippen LogP contribution in [0.5, 0.6) is 5.88 Å². The summed E-state index contributed by atoms with van der Waals surface area (Å²) >= 11 is 0. The molecule has 0 radical (unpaired) electrons. The molecule has 19 heavy (non-hydrogen) atoms. The second kappa shape index (κ2) is 4.25. The summed E-state index contributed by atoms with van der Waals surface area (Å²) in [5.41, 5.74) is -0.372. The molecule has 0 saturated heterocycles. The fourth-order valence-electron chi connectivity index (χ4n) is 3.09. The Morgan fingerprint density at radius 2 is 2.05 bits per heavy atom. The lowest BCUT2D eigenvalue weighted by atomic mass is 10.0. The monoisotopic (exact) mass is 264 g/mol. The summed E-state index contributed by atoms with van der Waals surface area (Å²) in [5.74, 6) is 0.586. The minimum Gasteiger partial charge on any atom is -0.494 e. The van der Waals surface area contributed by atoms with E-state index >= 15 is 0 Å². The van der Waals surface area contributed by atoms with Crippen molar-refractivity contribution in [3.8, 4) is 5.88 Å². The van der Waals surface area contributed by atoms with Gasteiger partial charge in [0.1, 0.15) is 0 Å². The van der Waals surface area contributed by atoms with Gasteiger partial charge in [-0.15, -0.1) is 0 Å². The van der Waals surface area contributed by atoms with Gasteiger partial charge in [0.15, 0.2) is 0 Å². The van der Waals surface area contributed by atoms with Crippen molar-refractivity contribution in [1.29, 1.82) is 0 Å². The Morgan fingerprint density at radius 1 is 1.37 bits per heavy atom. The maximum Gasteiger partial charge on any atom is 0.331 e. The minimum atomic E-state index is -0.478. The Balaban J connectivity index is 1.98. The van der Waals surface area contributed by atoms with Gasteiger partial charge in [-0.3, -0.25) is 14.3 Å². The van der Waals surface area contributed by atoms with Crippen LogP contribution in [0.3, 0.4) is 0 Å². The van der Waals surface area contributed by atoms with Crippen molar-refractivity contribution >= 4 is 0 Å². The van der Waals surface area contributed by atoms with Crippen LogP contribution in [0.2, 0.25) is 0 Å². The molecule has 0 unspecified atom stereocenters. The average Bonchev–Trinajstić information content (AvgIpc) is 3.23. The normalized spacial score (nSPS) is 20.5. The van der Waals surface area contributed by atoms with Crippen LogP contribution in [-0.4, -0.2) is 14.7 Å². The second-order valence-electron chi connectivity index (χ2n) is 6.03. The molecule has 2 N–H and O–H groups in total. The van der Waals surface area contributed by atoms with E-state index in [2.05, 4.69) is 4.98 Å². The summed E-state index contributed by atoms with van der Waals surface area (Å²) in [5, 5.41) is 10.2. The van der Waals surface area contributed by atoms with Gasteiger partial charge in [-0.05, 0) is 43.4 Å². The van der Waals surface area contributed by atoms with Crippen LogP contribution in [0.4, 0.5) is 0 Å². The van der Waals surface area contributed by atoms with Crippen LogP contribution in [0.1, 0.15) is 44.6 Å². The van der Waals surface area contributed by atoms with E-state index in [1.165, 1.54) is 17.4 Å². The van der Waals surface area contributed by atoms with Gasteiger partial charge in [0.2, 0.25) is 5.88 Å². The van der Waals surface area contributed by atoms with E-state index in [-0.39, 0.29) is 11.3 Å². The Labute approximate surface area is 111 Å².